The average molecular weight is 471 g/mol. The van der Waals surface area contributed by atoms with Crippen molar-refractivity contribution in [1.29, 1.82) is 5.41 Å². The Hall–Kier alpha value is -2.34. The van der Waals surface area contributed by atoms with E-state index >= 15 is 0 Å². The lowest BCUT2D eigenvalue weighted by molar-refractivity contribution is -0.119. The Morgan fingerprint density at radius 2 is 1.94 bits per heavy atom. The molecule has 6 nitrogen and oxygen atoms in total. The van der Waals surface area contributed by atoms with Gasteiger partial charge in [0.2, 0.25) is 5.91 Å². The van der Waals surface area contributed by atoms with Crippen molar-refractivity contribution in [3.8, 4) is 0 Å². The van der Waals surface area contributed by atoms with Crippen LogP contribution >= 0.6 is 11.6 Å². The summed E-state index contributed by atoms with van der Waals surface area (Å²) in [6.07, 6.45) is 10.1. The minimum Gasteiger partial charge on any atom is -0.391 e. The topological polar surface area (TPSA) is 94.1 Å². The van der Waals surface area contributed by atoms with Gasteiger partial charge in [0.15, 0.2) is 0 Å². The van der Waals surface area contributed by atoms with Gasteiger partial charge in [-0.3, -0.25) is 15.0 Å². The molecular weight excluding hydrogens is 436 g/mol. The molecule has 1 aromatic rings. The highest BCUT2D eigenvalue weighted by molar-refractivity contribution is 6.44. The predicted molar refractivity (Wildman–Crippen MR) is 131 cm³/mol. The molecule has 4 N–H and O–H groups in total. The van der Waals surface area contributed by atoms with Gasteiger partial charge in [0.25, 0.3) is 5.91 Å². The summed E-state index contributed by atoms with van der Waals surface area (Å²) in [5, 5.41) is 18.7. The summed E-state index contributed by atoms with van der Waals surface area (Å²) in [5.74, 6) is 0.433. The Labute approximate surface area is 201 Å². The number of carbonyl (C=O) groups excluding carboxylic acids is 2. The molecule has 178 valence electrons. The molecule has 4 rings (SSSR count). The maximum atomic E-state index is 12.8. The average Bonchev–Trinajstić information content (AvgIpc) is 3.21. The summed E-state index contributed by atoms with van der Waals surface area (Å²) >= 11 is 5.94. The van der Waals surface area contributed by atoms with Gasteiger partial charge in [-0.25, -0.2) is 0 Å². The summed E-state index contributed by atoms with van der Waals surface area (Å²) < 4.78 is 0. The van der Waals surface area contributed by atoms with Gasteiger partial charge in [-0.1, -0.05) is 36.6 Å². The zero-order valence-electron chi connectivity index (χ0n) is 19.4. The zero-order valence-corrected chi connectivity index (χ0v) is 20.2. The molecule has 2 amide bonds. The van der Waals surface area contributed by atoms with Crippen molar-refractivity contribution in [1.82, 2.24) is 16.0 Å². The van der Waals surface area contributed by atoms with E-state index in [1.54, 1.807) is 12.1 Å². The number of hydrogen-bond acceptors (Lipinski definition) is 4. The van der Waals surface area contributed by atoms with Crippen LogP contribution in [-0.4, -0.2) is 30.6 Å². The fourth-order valence-electron chi connectivity index (χ4n) is 6.03. The Kier molecular flexibility index (Phi) is 7.42. The minimum absolute atomic E-state index is 0.0734. The van der Waals surface area contributed by atoms with Crippen LogP contribution in [0.1, 0.15) is 69.8 Å². The van der Waals surface area contributed by atoms with Gasteiger partial charge < -0.3 is 16.0 Å². The monoisotopic (exact) mass is 470 g/mol. The standard InChI is InChI=1S/C26H35ClN4O2/c1-29-24-21(23(28)25(33)30-16-17-6-9-19(27)10-7-17)12-8-18(26(24)14-3-15-26)4-2-5-20-11-13-22(32)31-20/h6-7,9-10,18,20,28-29H,2-5,8,11-16H2,1H3,(H,30,33)(H,31,32)/t18?,20-/m0/s1. The number of hydrogen-bond donors (Lipinski definition) is 4. The second-order valence-electron chi connectivity index (χ2n) is 9.77. The Bertz CT molecular complexity index is 936. The molecule has 1 unspecified atom stereocenters. The highest BCUT2D eigenvalue weighted by Gasteiger charge is 2.50. The van der Waals surface area contributed by atoms with E-state index < -0.39 is 0 Å². The molecule has 1 heterocycles. The van der Waals surface area contributed by atoms with Crippen LogP contribution in [0.25, 0.3) is 0 Å². The van der Waals surface area contributed by atoms with E-state index in [0.717, 1.165) is 68.2 Å². The van der Waals surface area contributed by atoms with Crippen molar-refractivity contribution in [2.45, 2.75) is 76.8 Å². The first kappa shape index (κ1) is 23.8. The second kappa shape index (κ2) is 10.3. The SMILES string of the molecule is CNC1=C(C(=N)C(=O)NCc2ccc(Cl)cc2)CCC(CCC[C@H]2CCC(=O)N2)C12CCC2. The third-order valence-electron chi connectivity index (χ3n) is 7.91. The molecule has 1 saturated carbocycles. The van der Waals surface area contributed by atoms with Gasteiger partial charge in [0.1, 0.15) is 5.71 Å². The lowest BCUT2D eigenvalue weighted by atomic mass is 9.53. The number of carbonyl (C=O) groups is 2. The van der Waals surface area contributed by atoms with Crippen LogP contribution < -0.4 is 16.0 Å². The van der Waals surface area contributed by atoms with Crippen LogP contribution in [0.2, 0.25) is 5.02 Å². The molecule has 7 heteroatoms. The van der Waals surface area contributed by atoms with Crippen LogP contribution in [0.5, 0.6) is 0 Å². The van der Waals surface area contributed by atoms with Crippen LogP contribution in [0.4, 0.5) is 0 Å². The van der Waals surface area contributed by atoms with E-state index in [-0.39, 0.29) is 22.9 Å². The van der Waals surface area contributed by atoms with Crippen molar-refractivity contribution in [2.24, 2.45) is 11.3 Å². The third-order valence-corrected chi connectivity index (χ3v) is 8.16. The van der Waals surface area contributed by atoms with Gasteiger partial charge in [-0.2, -0.15) is 0 Å². The summed E-state index contributed by atoms with van der Waals surface area (Å²) in [7, 11) is 1.94. The highest BCUT2D eigenvalue weighted by Crippen LogP contribution is 2.58. The Morgan fingerprint density at radius 1 is 1.18 bits per heavy atom. The smallest absolute Gasteiger partial charge is 0.269 e. The molecular formula is C26H35ClN4O2. The van der Waals surface area contributed by atoms with Crippen LogP contribution in [0.15, 0.2) is 35.5 Å². The molecule has 1 saturated heterocycles. The number of benzene rings is 1. The summed E-state index contributed by atoms with van der Waals surface area (Å²) in [5.41, 5.74) is 3.12. The van der Waals surface area contributed by atoms with Crippen molar-refractivity contribution < 1.29 is 9.59 Å². The maximum Gasteiger partial charge on any atom is 0.269 e. The Balaban J connectivity index is 1.40. The van der Waals surface area contributed by atoms with Crippen molar-refractivity contribution in [3.63, 3.8) is 0 Å². The summed E-state index contributed by atoms with van der Waals surface area (Å²) in [6.45, 7) is 0.381. The molecule has 33 heavy (non-hydrogen) atoms. The molecule has 1 aliphatic heterocycles. The van der Waals surface area contributed by atoms with E-state index in [4.69, 9.17) is 17.0 Å². The quantitative estimate of drug-likeness (QED) is 0.401. The maximum absolute atomic E-state index is 12.8. The lowest BCUT2D eigenvalue weighted by Crippen LogP contribution is -2.48. The third kappa shape index (κ3) is 5.11. The number of amides is 2. The number of allylic oxidation sites excluding steroid dienone is 1. The molecule has 2 atom stereocenters. The zero-order chi connectivity index (χ0) is 23.4. The predicted octanol–water partition coefficient (Wildman–Crippen LogP) is 4.48. The first-order valence-corrected chi connectivity index (χ1v) is 12.6. The largest absolute Gasteiger partial charge is 0.391 e. The minimum atomic E-state index is -0.322. The molecule has 0 bridgehead atoms. The molecule has 2 aliphatic carbocycles. The van der Waals surface area contributed by atoms with Gasteiger partial charge in [0, 0.05) is 47.8 Å². The number of rotatable bonds is 9. The number of halogens is 1. The molecule has 2 fully saturated rings. The normalized spacial score (nSPS) is 23.8. The van der Waals surface area contributed by atoms with Gasteiger partial charge in [-0.05, 0) is 68.6 Å². The van der Waals surface area contributed by atoms with E-state index in [9.17, 15) is 9.59 Å². The highest BCUT2D eigenvalue weighted by atomic mass is 35.5. The fraction of sp³-hybridized carbons (Fsp3) is 0.577. The van der Waals surface area contributed by atoms with Crippen LogP contribution in [-0.2, 0) is 16.1 Å². The first-order valence-electron chi connectivity index (χ1n) is 12.3. The van der Waals surface area contributed by atoms with Gasteiger partial charge in [0.05, 0.1) is 0 Å². The van der Waals surface area contributed by atoms with Crippen molar-refractivity contribution in [2.75, 3.05) is 7.05 Å². The number of nitrogens with one attached hydrogen (secondary N) is 4. The molecule has 0 radical (unpaired) electrons. The van der Waals surface area contributed by atoms with E-state index in [0.29, 0.717) is 29.9 Å². The van der Waals surface area contributed by atoms with Crippen molar-refractivity contribution in [3.05, 3.63) is 46.1 Å². The first-order chi connectivity index (χ1) is 15.9. The second-order valence-corrected chi connectivity index (χ2v) is 10.2. The van der Waals surface area contributed by atoms with Crippen LogP contribution in [0, 0.1) is 16.7 Å². The summed E-state index contributed by atoms with van der Waals surface area (Å²) in [6, 6.07) is 7.72. The van der Waals surface area contributed by atoms with E-state index in [1.165, 1.54) is 6.42 Å². The van der Waals surface area contributed by atoms with Gasteiger partial charge >= 0.3 is 0 Å². The van der Waals surface area contributed by atoms with Gasteiger partial charge in [-0.15, -0.1) is 0 Å². The Morgan fingerprint density at radius 3 is 2.55 bits per heavy atom. The molecule has 1 aromatic carbocycles. The summed E-state index contributed by atoms with van der Waals surface area (Å²) in [4.78, 5) is 24.3. The molecule has 0 aromatic heterocycles. The molecule has 1 spiro atoms. The van der Waals surface area contributed by atoms with E-state index in [2.05, 4.69) is 16.0 Å². The fourth-order valence-corrected chi connectivity index (χ4v) is 6.15. The molecule has 3 aliphatic rings. The van der Waals surface area contributed by atoms with E-state index in [1.807, 2.05) is 19.2 Å². The van der Waals surface area contributed by atoms with Crippen molar-refractivity contribution >= 4 is 29.1 Å². The lowest BCUT2D eigenvalue weighted by Gasteiger charge is -2.53. The van der Waals surface area contributed by atoms with Crippen LogP contribution in [0.3, 0.4) is 0 Å².